The van der Waals surface area contributed by atoms with E-state index in [1.54, 1.807) is 29.2 Å². The molecule has 2 N–H and O–H groups in total. The number of thioether (sulfide) groups is 1. The molecule has 1 heterocycles. The average molecular weight is 319 g/mol. The Bertz CT molecular complexity index is 591. The van der Waals surface area contributed by atoms with E-state index in [-0.39, 0.29) is 12.5 Å². The highest BCUT2D eigenvalue weighted by atomic mass is 32.2. The summed E-state index contributed by atoms with van der Waals surface area (Å²) < 4.78 is 0. The highest BCUT2D eigenvalue weighted by Gasteiger charge is 2.08. The van der Waals surface area contributed by atoms with E-state index >= 15 is 0 Å². The molecule has 0 fully saturated rings. The third-order valence-electron chi connectivity index (χ3n) is 2.94. The molecular weight excluding hydrogens is 302 g/mol. The smallest absolute Gasteiger partial charge is 0.244 e. The van der Waals surface area contributed by atoms with E-state index in [1.807, 2.05) is 47.3 Å². The van der Waals surface area contributed by atoms with Crippen molar-refractivity contribution in [2.45, 2.75) is 11.0 Å². The molecule has 2 aromatic rings. The summed E-state index contributed by atoms with van der Waals surface area (Å²) in [6, 6.07) is 9.62. The van der Waals surface area contributed by atoms with Gasteiger partial charge in [0.15, 0.2) is 0 Å². The van der Waals surface area contributed by atoms with Crippen LogP contribution in [0.2, 0.25) is 0 Å². The van der Waals surface area contributed by atoms with Gasteiger partial charge in [-0.15, -0.1) is 11.8 Å². The van der Waals surface area contributed by atoms with Gasteiger partial charge in [-0.2, -0.15) is 11.3 Å². The Hall–Kier alpha value is -1.56. The van der Waals surface area contributed by atoms with Gasteiger partial charge in [0.25, 0.3) is 0 Å². The van der Waals surface area contributed by atoms with Crippen LogP contribution in [0.15, 0.2) is 52.1 Å². The van der Waals surface area contributed by atoms with Crippen molar-refractivity contribution in [2.75, 3.05) is 12.8 Å². The Kier molecular flexibility index (Phi) is 6.04. The zero-order chi connectivity index (χ0) is 15.1. The molecule has 3 nitrogen and oxygen atoms in total. The maximum Gasteiger partial charge on any atom is 0.244 e. The van der Waals surface area contributed by atoms with Crippen LogP contribution in [-0.2, 0) is 4.79 Å². The second-order valence-electron chi connectivity index (χ2n) is 4.42. The van der Waals surface area contributed by atoms with Crippen LogP contribution < -0.4 is 5.32 Å². The quantitative estimate of drug-likeness (QED) is 0.634. The second kappa shape index (κ2) is 8.02. The maximum absolute atomic E-state index is 11.7. The molecule has 1 unspecified atom stereocenters. The van der Waals surface area contributed by atoms with Crippen molar-refractivity contribution in [1.82, 2.24) is 5.32 Å². The van der Waals surface area contributed by atoms with Gasteiger partial charge in [-0.3, -0.25) is 4.79 Å². The van der Waals surface area contributed by atoms with E-state index in [0.717, 1.165) is 16.0 Å². The van der Waals surface area contributed by atoms with Crippen LogP contribution >= 0.6 is 23.1 Å². The number of amides is 1. The van der Waals surface area contributed by atoms with Crippen molar-refractivity contribution in [3.8, 4) is 0 Å². The van der Waals surface area contributed by atoms with Gasteiger partial charge in [0, 0.05) is 17.5 Å². The number of hydrogen-bond acceptors (Lipinski definition) is 4. The molecule has 110 valence electrons. The van der Waals surface area contributed by atoms with Crippen molar-refractivity contribution in [3.63, 3.8) is 0 Å². The van der Waals surface area contributed by atoms with Gasteiger partial charge < -0.3 is 10.4 Å². The zero-order valence-electron chi connectivity index (χ0n) is 11.7. The van der Waals surface area contributed by atoms with Gasteiger partial charge >= 0.3 is 0 Å². The molecule has 5 heteroatoms. The van der Waals surface area contributed by atoms with E-state index in [2.05, 4.69) is 5.32 Å². The lowest BCUT2D eigenvalue weighted by Gasteiger charge is -2.11. The molecule has 0 aliphatic carbocycles. The number of nitrogens with one attached hydrogen (secondary N) is 1. The summed E-state index contributed by atoms with van der Waals surface area (Å²) >= 11 is 3.24. The zero-order valence-corrected chi connectivity index (χ0v) is 13.3. The molecule has 2 rings (SSSR count). The minimum absolute atomic E-state index is 0.200. The summed E-state index contributed by atoms with van der Waals surface area (Å²) in [6.07, 6.45) is 4.54. The molecule has 0 bridgehead atoms. The molecule has 1 aromatic carbocycles. The highest BCUT2D eigenvalue weighted by molar-refractivity contribution is 7.98. The molecule has 0 saturated carbocycles. The number of aliphatic hydroxyl groups excluding tert-OH is 1. The van der Waals surface area contributed by atoms with Crippen LogP contribution in [-0.4, -0.2) is 23.8 Å². The Balaban J connectivity index is 1.82. The summed E-state index contributed by atoms with van der Waals surface area (Å²) in [5.41, 5.74) is 1.80. The van der Waals surface area contributed by atoms with Crippen molar-refractivity contribution >= 4 is 35.1 Å². The number of hydrogen-bond donors (Lipinski definition) is 2. The largest absolute Gasteiger partial charge is 0.387 e. The highest BCUT2D eigenvalue weighted by Crippen LogP contribution is 2.18. The summed E-state index contributed by atoms with van der Waals surface area (Å²) in [6.45, 7) is 0.200. The Morgan fingerprint density at radius 2 is 2.14 bits per heavy atom. The minimum Gasteiger partial charge on any atom is -0.387 e. The SMILES string of the molecule is CSc1ccc(C(O)CNC(=O)/C=C/c2ccsc2)cc1. The molecule has 1 atom stereocenters. The lowest BCUT2D eigenvalue weighted by Crippen LogP contribution is -2.26. The van der Waals surface area contributed by atoms with Gasteiger partial charge in [-0.1, -0.05) is 12.1 Å². The number of rotatable bonds is 6. The van der Waals surface area contributed by atoms with E-state index in [9.17, 15) is 9.90 Å². The molecule has 1 aromatic heterocycles. The molecular formula is C16H17NO2S2. The van der Waals surface area contributed by atoms with Crippen molar-refractivity contribution in [1.29, 1.82) is 0 Å². The van der Waals surface area contributed by atoms with Crippen molar-refractivity contribution in [3.05, 3.63) is 58.3 Å². The summed E-state index contributed by atoms with van der Waals surface area (Å²) in [7, 11) is 0. The normalized spacial score (nSPS) is 12.5. The Morgan fingerprint density at radius 3 is 2.76 bits per heavy atom. The van der Waals surface area contributed by atoms with Crippen LogP contribution in [0, 0.1) is 0 Å². The first-order valence-electron chi connectivity index (χ1n) is 6.49. The standard InChI is InChI=1S/C16H17NO2S2/c1-20-14-5-3-13(4-6-14)15(18)10-17-16(19)7-2-12-8-9-21-11-12/h2-9,11,15,18H,10H2,1H3,(H,17,19)/b7-2+. The summed E-state index contributed by atoms with van der Waals surface area (Å²) in [5.74, 6) is -0.207. The topological polar surface area (TPSA) is 49.3 Å². The molecule has 0 spiro atoms. The van der Waals surface area contributed by atoms with Crippen LogP contribution in [0.5, 0.6) is 0 Å². The summed E-state index contributed by atoms with van der Waals surface area (Å²) in [5, 5.41) is 16.7. The predicted molar refractivity (Wildman–Crippen MR) is 89.5 cm³/mol. The Labute approximate surface area is 132 Å². The first kappa shape index (κ1) is 15.8. The lowest BCUT2D eigenvalue weighted by molar-refractivity contribution is -0.116. The van der Waals surface area contributed by atoms with Gasteiger partial charge in [0.05, 0.1) is 6.10 Å². The van der Waals surface area contributed by atoms with Crippen LogP contribution in [0.1, 0.15) is 17.2 Å². The fraction of sp³-hybridized carbons (Fsp3) is 0.188. The third kappa shape index (κ3) is 5.04. The van der Waals surface area contributed by atoms with Crippen LogP contribution in [0.4, 0.5) is 0 Å². The first-order valence-corrected chi connectivity index (χ1v) is 8.66. The van der Waals surface area contributed by atoms with Crippen molar-refractivity contribution < 1.29 is 9.90 Å². The number of carbonyl (C=O) groups is 1. The second-order valence-corrected chi connectivity index (χ2v) is 6.08. The van der Waals surface area contributed by atoms with Crippen LogP contribution in [0.25, 0.3) is 6.08 Å². The predicted octanol–water partition coefficient (Wildman–Crippen LogP) is 3.33. The first-order chi connectivity index (χ1) is 10.2. The van der Waals surface area contributed by atoms with Gasteiger partial charge in [-0.25, -0.2) is 0 Å². The number of aliphatic hydroxyl groups is 1. The van der Waals surface area contributed by atoms with E-state index in [4.69, 9.17) is 0 Å². The average Bonchev–Trinajstić information content (AvgIpc) is 3.04. The van der Waals surface area contributed by atoms with E-state index in [0.29, 0.717) is 0 Å². The number of thiophene rings is 1. The molecule has 0 aliphatic rings. The minimum atomic E-state index is -0.695. The van der Waals surface area contributed by atoms with Crippen molar-refractivity contribution in [2.24, 2.45) is 0 Å². The Morgan fingerprint density at radius 1 is 1.38 bits per heavy atom. The fourth-order valence-electron chi connectivity index (χ4n) is 1.74. The number of benzene rings is 1. The van der Waals surface area contributed by atoms with Gasteiger partial charge in [0.2, 0.25) is 5.91 Å². The molecule has 0 aliphatic heterocycles. The third-order valence-corrected chi connectivity index (χ3v) is 4.39. The monoisotopic (exact) mass is 319 g/mol. The lowest BCUT2D eigenvalue weighted by atomic mass is 10.1. The summed E-state index contributed by atoms with van der Waals surface area (Å²) in [4.78, 5) is 12.8. The molecule has 0 saturated heterocycles. The molecule has 21 heavy (non-hydrogen) atoms. The molecule has 0 radical (unpaired) electrons. The van der Waals surface area contributed by atoms with Gasteiger partial charge in [-0.05, 0) is 52.4 Å². The number of carbonyl (C=O) groups excluding carboxylic acids is 1. The van der Waals surface area contributed by atoms with E-state index < -0.39 is 6.10 Å². The maximum atomic E-state index is 11.7. The fourth-order valence-corrected chi connectivity index (χ4v) is 2.78. The molecule has 1 amide bonds. The van der Waals surface area contributed by atoms with E-state index in [1.165, 1.54) is 6.08 Å². The van der Waals surface area contributed by atoms with Gasteiger partial charge in [0.1, 0.15) is 0 Å². The van der Waals surface area contributed by atoms with Crippen LogP contribution in [0.3, 0.4) is 0 Å².